The third-order valence-electron chi connectivity index (χ3n) is 4.42. The molecule has 4 unspecified atom stereocenters. The van der Waals surface area contributed by atoms with Crippen molar-refractivity contribution in [1.82, 2.24) is 0 Å². The lowest BCUT2D eigenvalue weighted by Crippen LogP contribution is -2.38. The summed E-state index contributed by atoms with van der Waals surface area (Å²) in [6.07, 6.45) is 3.94. The van der Waals surface area contributed by atoms with Crippen molar-refractivity contribution in [2.75, 3.05) is 0 Å². The Hall–Kier alpha value is -0.570. The molecule has 4 aliphatic carbocycles. The Kier molecular flexibility index (Phi) is 1.15. The first-order valence-corrected chi connectivity index (χ1v) is 5.00. The fourth-order valence-electron chi connectivity index (χ4n) is 4.19. The van der Waals surface area contributed by atoms with Crippen molar-refractivity contribution in [3.8, 4) is 0 Å². The van der Waals surface area contributed by atoms with E-state index < -0.39 is 17.0 Å². The fourth-order valence-corrected chi connectivity index (χ4v) is 4.19. The van der Waals surface area contributed by atoms with Crippen LogP contribution in [-0.2, 0) is 4.79 Å². The Labute approximate surface area is 76.8 Å². The lowest BCUT2D eigenvalue weighted by Gasteiger charge is -2.35. The van der Waals surface area contributed by atoms with Crippen LogP contribution >= 0.6 is 0 Å². The zero-order chi connectivity index (χ0) is 9.27. The SMILES string of the molecule is O=C(O)C12CC3CC1CC(O)(C3)C2. The van der Waals surface area contributed by atoms with Crippen LogP contribution in [0.4, 0.5) is 0 Å². The summed E-state index contributed by atoms with van der Waals surface area (Å²) in [5.41, 5.74) is -1.16. The second-order valence-electron chi connectivity index (χ2n) is 5.27. The van der Waals surface area contributed by atoms with Gasteiger partial charge in [0.1, 0.15) is 0 Å². The highest BCUT2D eigenvalue weighted by Crippen LogP contribution is 2.66. The van der Waals surface area contributed by atoms with Crippen molar-refractivity contribution >= 4 is 5.97 Å². The van der Waals surface area contributed by atoms with Gasteiger partial charge in [-0.15, -0.1) is 0 Å². The molecule has 3 heteroatoms. The zero-order valence-corrected chi connectivity index (χ0v) is 7.49. The standard InChI is InChI=1S/C10H14O3/c11-8(12)10-3-6-1-7(10)4-9(13,2-6)5-10/h6-7,13H,1-5H2,(H,11,12). The van der Waals surface area contributed by atoms with Crippen molar-refractivity contribution in [3.63, 3.8) is 0 Å². The number of carboxylic acids is 1. The molecule has 0 aromatic rings. The normalized spacial score (nSPS) is 57.3. The van der Waals surface area contributed by atoms with Gasteiger partial charge in [0.25, 0.3) is 0 Å². The number of rotatable bonds is 1. The summed E-state index contributed by atoms with van der Waals surface area (Å²) < 4.78 is 0. The van der Waals surface area contributed by atoms with Crippen LogP contribution in [0.2, 0.25) is 0 Å². The molecular formula is C10H14O3. The molecular weight excluding hydrogens is 168 g/mol. The molecule has 4 rings (SSSR count). The van der Waals surface area contributed by atoms with Gasteiger partial charge in [-0.25, -0.2) is 0 Å². The summed E-state index contributed by atoms with van der Waals surface area (Å²) in [5, 5.41) is 19.3. The molecule has 4 saturated carbocycles. The Balaban J connectivity index is 2.06. The number of carbonyl (C=O) groups is 1. The molecule has 72 valence electrons. The number of aliphatic carboxylic acids is 1. The van der Waals surface area contributed by atoms with Gasteiger partial charge in [-0.2, -0.15) is 0 Å². The summed E-state index contributed by atoms with van der Waals surface area (Å²) in [6, 6.07) is 0. The average Bonchev–Trinajstić information content (AvgIpc) is 2.33. The summed E-state index contributed by atoms with van der Waals surface area (Å²) >= 11 is 0. The van der Waals surface area contributed by atoms with Crippen molar-refractivity contribution in [1.29, 1.82) is 0 Å². The predicted molar refractivity (Wildman–Crippen MR) is 45.1 cm³/mol. The fraction of sp³-hybridized carbons (Fsp3) is 0.900. The number of carboxylic acid groups (broad SMARTS) is 1. The quantitative estimate of drug-likeness (QED) is 0.636. The Morgan fingerprint density at radius 1 is 1.31 bits per heavy atom. The maximum absolute atomic E-state index is 11.2. The van der Waals surface area contributed by atoms with E-state index in [4.69, 9.17) is 0 Å². The van der Waals surface area contributed by atoms with E-state index in [-0.39, 0.29) is 5.92 Å². The highest BCUT2D eigenvalue weighted by atomic mass is 16.4. The third kappa shape index (κ3) is 0.766. The van der Waals surface area contributed by atoms with Crippen LogP contribution in [0.3, 0.4) is 0 Å². The van der Waals surface area contributed by atoms with Gasteiger partial charge >= 0.3 is 5.97 Å². The van der Waals surface area contributed by atoms with Crippen LogP contribution < -0.4 is 0 Å². The highest BCUT2D eigenvalue weighted by Gasteiger charge is 2.67. The number of aliphatic hydroxyl groups is 1. The van der Waals surface area contributed by atoms with Crippen molar-refractivity contribution < 1.29 is 15.0 Å². The second-order valence-corrected chi connectivity index (χ2v) is 5.27. The van der Waals surface area contributed by atoms with Gasteiger partial charge < -0.3 is 10.2 Å². The molecule has 0 aromatic carbocycles. The molecule has 0 aromatic heterocycles. The van der Waals surface area contributed by atoms with E-state index in [1.165, 1.54) is 0 Å². The minimum absolute atomic E-state index is 0.258. The minimum atomic E-state index is -0.671. The number of hydrogen-bond acceptors (Lipinski definition) is 2. The maximum atomic E-state index is 11.2. The first-order valence-electron chi connectivity index (χ1n) is 5.00. The topological polar surface area (TPSA) is 57.5 Å². The van der Waals surface area contributed by atoms with Crippen LogP contribution in [0.15, 0.2) is 0 Å². The van der Waals surface area contributed by atoms with E-state index in [1.54, 1.807) is 0 Å². The molecule has 4 aliphatic rings. The van der Waals surface area contributed by atoms with Crippen molar-refractivity contribution in [2.24, 2.45) is 17.3 Å². The zero-order valence-electron chi connectivity index (χ0n) is 7.49. The molecule has 0 heterocycles. The lowest BCUT2D eigenvalue weighted by molar-refractivity contribution is -0.152. The molecule has 4 atom stereocenters. The summed E-state index contributed by atoms with van der Waals surface area (Å²) in [5.74, 6) is 0.0676. The van der Waals surface area contributed by atoms with Crippen LogP contribution in [0.25, 0.3) is 0 Å². The van der Waals surface area contributed by atoms with Gasteiger partial charge in [-0.3, -0.25) is 4.79 Å². The lowest BCUT2D eigenvalue weighted by atomic mass is 9.73. The predicted octanol–water partition coefficient (Wildman–Crippen LogP) is 1.01. The van der Waals surface area contributed by atoms with Gasteiger partial charge in [0, 0.05) is 0 Å². The van der Waals surface area contributed by atoms with Gasteiger partial charge in [-0.1, -0.05) is 0 Å². The molecule has 13 heavy (non-hydrogen) atoms. The summed E-state index contributed by atoms with van der Waals surface area (Å²) in [7, 11) is 0. The van der Waals surface area contributed by atoms with E-state index in [0.29, 0.717) is 12.3 Å². The van der Waals surface area contributed by atoms with Crippen LogP contribution in [0, 0.1) is 17.3 Å². The van der Waals surface area contributed by atoms with Crippen LogP contribution in [0.5, 0.6) is 0 Å². The van der Waals surface area contributed by atoms with Crippen molar-refractivity contribution in [3.05, 3.63) is 0 Å². The summed E-state index contributed by atoms with van der Waals surface area (Å²) in [4.78, 5) is 11.2. The highest BCUT2D eigenvalue weighted by molar-refractivity contribution is 5.77. The van der Waals surface area contributed by atoms with Gasteiger partial charge in [-0.05, 0) is 43.9 Å². The Morgan fingerprint density at radius 2 is 2.08 bits per heavy atom. The minimum Gasteiger partial charge on any atom is -0.481 e. The first kappa shape index (κ1) is 7.80. The molecule has 0 saturated heterocycles. The Bertz CT molecular complexity index is 288. The Morgan fingerprint density at radius 3 is 2.62 bits per heavy atom. The van der Waals surface area contributed by atoms with E-state index in [1.807, 2.05) is 0 Å². The van der Waals surface area contributed by atoms with Crippen LogP contribution in [0.1, 0.15) is 32.1 Å². The van der Waals surface area contributed by atoms with E-state index in [9.17, 15) is 15.0 Å². The van der Waals surface area contributed by atoms with E-state index >= 15 is 0 Å². The smallest absolute Gasteiger partial charge is 0.310 e. The summed E-state index contributed by atoms with van der Waals surface area (Å²) in [6.45, 7) is 0. The first-order chi connectivity index (χ1) is 6.04. The van der Waals surface area contributed by atoms with Gasteiger partial charge in [0.05, 0.1) is 11.0 Å². The number of hydrogen-bond donors (Lipinski definition) is 2. The van der Waals surface area contributed by atoms with Gasteiger partial charge in [0.15, 0.2) is 0 Å². The molecule has 0 aliphatic heterocycles. The molecule has 0 amide bonds. The van der Waals surface area contributed by atoms with Crippen molar-refractivity contribution in [2.45, 2.75) is 37.7 Å². The molecule has 0 spiro atoms. The molecule has 4 bridgehead atoms. The monoisotopic (exact) mass is 182 g/mol. The van der Waals surface area contributed by atoms with Crippen LogP contribution in [-0.4, -0.2) is 21.8 Å². The van der Waals surface area contributed by atoms with E-state index in [0.717, 1.165) is 25.7 Å². The second kappa shape index (κ2) is 1.92. The average molecular weight is 182 g/mol. The van der Waals surface area contributed by atoms with E-state index in [2.05, 4.69) is 0 Å². The molecule has 4 fully saturated rings. The van der Waals surface area contributed by atoms with Gasteiger partial charge in [0.2, 0.25) is 0 Å². The maximum Gasteiger partial charge on any atom is 0.310 e. The largest absolute Gasteiger partial charge is 0.481 e. The molecule has 3 nitrogen and oxygen atoms in total. The molecule has 2 N–H and O–H groups in total. The third-order valence-corrected chi connectivity index (χ3v) is 4.42. The molecule has 0 radical (unpaired) electrons.